The van der Waals surface area contributed by atoms with Gasteiger partial charge in [0.1, 0.15) is 6.33 Å². The molecule has 1 aromatic carbocycles. The van der Waals surface area contributed by atoms with E-state index in [2.05, 4.69) is 20.8 Å². The van der Waals surface area contributed by atoms with Crippen LogP contribution in [0.15, 0.2) is 34.6 Å². The highest BCUT2D eigenvalue weighted by molar-refractivity contribution is 7.99. The third-order valence-electron chi connectivity index (χ3n) is 3.36. The van der Waals surface area contributed by atoms with Gasteiger partial charge in [0.15, 0.2) is 5.16 Å². The first-order chi connectivity index (χ1) is 12.5. The van der Waals surface area contributed by atoms with Crippen LogP contribution in [0.5, 0.6) is 0 Å². The summed E-state index contributed by atoms with van der Waals surface area (Å²) in [6, 6.07) is 4.37. The van der Waals surface area contributed by atoms with Gasteiger partial charge in [-0.2, -0.15) is 0 Å². The molecular formula is C15H21ClN6O4S. The summed E-state index contributed by atoms with van der Waals surface area (Å²) in [6.45, 7) is 2.26. The van der Waals surface area contributed by atoms with Crippen LogP contribution >= 0.6 is 24.2 Å². The number of aryl methyl sites for hydroxylation is 1. The number of nitrogens with zero attached hydrogens (tertiary/aromatic N) is 4. The average molecular weight is 417 g/mol. The molecule has 0 atom stereocenters. The molecule has 0 saturated heterocycles. The van der Waals surface area contributed by atoms with Crippen LogP contribution in [-0.2, 0) is 11.8 Å². The largest absolute Gasteiger partial charge is 0.383 e. The Kier molecular flexibility index (Phi) is 9.72. The molecule has 10 nitrogen and oxygen atoms in total. The number of aromatic nitrogens is 3. The lowest BCUT2D eigenvalue weighted by molar-refractivity contribution is -0.387. The van der Waals surface area contributed by atoms with E-state index in [9.17, 15) is 14.9 Å². The topological polar surface area (TPSA) is 124 Å². The summed E-state index contributed by atoms with van der Waals surface area (Å²) in [5, 5.41) is 25.3. The van der Waals surface area contributed by atoms with Crippen molar-refractivity contribution in [1.82, 2.24) is 25.4 Å². The number of nitro benzene ring substituents is 1. The number of amides is 1. The second-order valence-electron chi connectivity index (χ2n) is 5.26. The van der Waals surface area contributed by atoms with Gasteiger partial charge >= 0.3 is 0 Å². The van der Waals surface area contributed by atoms with Crippen molar-refractivity contribution in [3.05, 3.63) is 40.2 Å². The number of carbonyl (C=O) groups is 1. The first kappa shape index (κ1) is 22.8. The molecule has 1 amide bonds. The quantitative estimate of drug-likeness (QED) is 0.337. The number of carbonyl (C=O) groups excluding carboxylic acids is 1. The normalized spacial score (nSPS) is 10.3. The summed E-state index contributed by atoms with van der Waals surface area (Å²) >= 11 is 1.12. The Bertz CT molecular complexity index is 773. The Morgan fingerprint density at radius 1 is 1.37 bits per heavy atom. The molecule has 0 saturated carbocycles. The number of ether oxygens (including phenoxy) is 1. The molecule has 0 spiro atoms. The van der Waals surface area contributed by atoms with Crippen LogP contribution in [-0.4, -0.2) is 58.9 Å². The number of rotatable bonds is 10. The van der Waals surface area contributed by atoms with Crippen LogP contribution < -0.4 is 10.6 Å². The van der Waals surface area contributed by atoms with Crippen molar-refractivity contribution in [2.24, 2.45) is 7.05 Å². The lowest BCUT2D eigenvalue weighted by Gasteiger charge is -2.08. The fourth-order valence-corrected chi connectivity index (χ4v) is 2.87. The molecule has 0 fully saturated rings. The van der Waals surface area contributed by atoms with Crippen molar-refractivity contribution in [2.75, 3.05) is 33.4 Å². The van der Waals surface area contributed by atoms with E-state index in [1.807, 2.05) is 0 Å². The van der Waals surface area contributed by atoms with Gasteiger partial charge in [0.05, 0.1) is 16.4 Å². The van der Waals surface area contributed by atoms with Gasteiger partial charge in [0, 0.05) is 45.4 Å². The van der Waals surface area contributed by atoms with E-state index >= 15 is 0 Å². The van der Waals surface area contributed by atoms with E-state index in [1.165, 1.54) is 12.4 Å². The zero-order valence-electron chi connectivity index (χ0n) is 14.9. The number of nitro groups is 1. The molecule has 27 heavy (non-hydrogen) atoms. The van der Waals surface area contributed by atoms with Gasteiger partial charge in [0.25, 0.3) is 11.6 Å². The summed E-state index contributed by atoms with van der Waals surface area (Å²) in [4.78, 5) is 23.4. The first-order valence-electron chi connectivity index (χ1n) is 7.81. The number of hydrogen-bond donors (Lipinski definition) is 2. The first-order valence-corrected chi connectivity index (χ1v) is 8.62. The maximum atomic E-state index is 12.2. The molecule has 1 heterocycles. The van der Waals surface area contributed by atoms with Gasteiger partial charge in [-0.05, 0) is 23.9 Å². The minimum Gasteiger partial charge on any atom is -0.383 e. The van der Waals surface area contributed by atoms with Gasteiger partial charge < -0.3 is 19.9 Å². The molecule has 1 aromatic heterocycles. The molecule has 0 radical (unpaired) electrons. The van der Waals surface area contributed by atoms with Gasteiger partial charge in [-0.15, -0.1) is 22.6 Å². The lowest BCUT2D eigenvalue weighted by Crippen LogP contribution is -2.33. The monoisotopic (exact) mass is 416 g/mol. The molecule has 12 heteroatoms. The van der Waals surface area contributed by atoms with E-state index in [4.69, 9.17) is 4.74 Å². The maximum absolute atomic E-state index is 12.2. The Morgan fingerprint density at radius 3 is 2.78 bits per heavy atom. The number of hydrogen-bond acceptors (Lipinski definition) is 8. The summed E-state index contributed by atoms with van der Waals surface area (Å²) in [5.74, 6) is -0.364. The summed E-state index contributed by atoms with van der Waals surface area (Å²) in [7, 11) is 3.36. The van der Waals surface area contributed by atoms with E-state index in [1.54, 1.807) is 30.9 Å². The van der Waals surface area contributed by atoms with Crippen molar-refractivity contribution in [2.45, 2.75) is 10.1 Å². The van der Waals surface area contributed by atoms with E-state index < -0.39 is 4.92 Å². The average Bonchev–Trinajstić information content (AvgIpc) is 3.02. The Balaban J connectivity index is 0.00000364. The minimum atomic E-state index is -0.512. The molecule has 0 aliphatic heterocycles. The van der Waals surface area contributed by atoms with Crippen LogP contribution in [0.25, 0.3) is 0 Å². The van der Waals surface area contributed by atoms with E-state index in [0.29, 0.717) is 36.3 Å². The van der Waals surface area contributed by atoms with Crippen molar-refractivity contribution in [3.8, 4) is 0 Å². The standard InChI is InChI=1S/C15H20N6O4S.ClH/c1-20-10-18-19-15(20)26-13-4-3-11(9-12(13)21(23)24)14(22)17-6-5-16-7-8-25-2;/h3-4,9-10,16H,5-8H2,1-2H3,(H,17,22);1H. The van der Waals surface area contributed by atoms with Gasteiger partial charge in [-0.3, -0.25) is 14.9 Å². The molecule has 0 unspecified atom stereocenters. The third kappa shape index (κ3) is 6.79. The predicted octanol–water partition coefficient (Wildman–Crippen LogP) is 1.26. The molecule has 2 aromatic rings. The highest BCUT2D eigenvalue weighted by Gasteiger charge is 2.19. The number of halogens is 1. The summed E-state index contributed by atoms with van der Waals surface area (Å²) < 4.78 is 6.56. The minimum absolute atomic E-state index is 0. The number of nitrogens with one attached hydrogen (secondary N) is 2. The van der Waals surface area contributed by atoms with Crippen molar-refractivity contribution in [3.63, 3.8) is 0 Å². The van der Waals surface area contributed by atoms with Crippen molar-refractivity contribution < 1.29 is 14.5 Å². The molecule has 148 valence electrons. The van der Waals surface area contributed by atoms with E-state index in [-0.39, 0.29) is 29.6 Å². The van der Waals surface area contributed by atoms with E-state index in [0.717, 1.165) is 11.8 Å². The second kappa shape index (κ2) is 11.5. The fourth-order valence-electron chi connectivity index (χ4n) is 2.02. The molecule has 0 aliphatic rings. The van der Waals surface area contributed by atoms with Gasteiger partial charge in [-0.1, -0.05) is 0 Å². The summed E-state index contributed by atoms with van der Waals surface area (Å²) in [6.07, 6.45) is 1.51. The smallest absolute Gasteiger partial charge is 0.284 e. The molecule has 2 rings (SSSR count). The van der Waals surface area contributed by atoms with Gasteiger partial charge in [-0.25, -0.2) is 0 Å². The maximum Gasteiger partial charge on any atom is 0.284 e. The van der Waals surface area contributed by atoms with Crippen molar-refractivity contribution in [1.29, 1.82) is 0 Å². The molecular weight excluding hydrogens is 396 g/mol. The predicted molar refractivity (Wildman–Crippen MR) is 103 cm³/mol. The number of benzene rings is 1. The van der Waals surface area contributed by atoms with Crippen LogP contribution in [0, 0.1) is 10.1 Å². The summed E-state index contributed by atoms with van der Waals surface area (Å²) in [5.41, 5.74) is 0.0831. The molecule has 0 aliphatic carbocycles. The highest BCUT2D eigenvalue weighted by atomic mass is 35.5. The second-order valence-corrected chi connectivity index (χ2v) is 6.27. The zero-order valence-corrected chi connectivity index (χ0v) is 16.5. The SMILES string of the molecule is COCCNCCNC(=O)c1ccc(Sc2nncn2C)c([N+](=O)[O-])c1.Cl. The Labute approximate surface area is 166 Å². The Morgan fingerprint density at radius 2 is 2.15 bits per heavy atom. The van der Waals surface area contributed by atoms with Crippen LogP contribution in [0.3, 0.4) is 0 Å². The fraction of sp³-hybridized carbons (Fsp3) is 0.400. The molecule has 2 N–H and O–H groups in total. The van der Waals surface area contributed by atoms with Crippen LogP contribution in [0.1, 0.15) is 10.4 Å². The van der Waals surface area contributed by atoms with Crippen LogP contribution in [0.4, 0.5) is 5.69 Å². The zero-order chi connectivity index (χ0) is 18.9. The Hall–Kier alpha value is -2.21. The van der Waals surface area contributed by atoms with Crippen molar-refractivity contribution >= 4 is 35.8 Å². The van der Waals surface area contributed by atoms with Crippen LogP contribution in [0.2, 0.25) is 0 Å². The van der Waals surface area contributed by atoms with Gasteiger partial charge in [0.2, 0.25) is 0 Å². The third-order valence-corrected chi connectivity index (χ3v) is 4.48. The molecule has 0 bridgehead atoms. The number of methoxy groups -OCH3 is 1. The highest BCUT2D eigenvalue weighted by Crippen LogP contribution is 2.34. The lowest BCUT2D eigenvalue weighted by atomic mass is 10.2.